The highest BCUT2D eigenvalue weighted by atomic mass is 16.5. The van der Waals surface area contributed by atoms with Gasteiger partial charge >= 0.3 is 0 Å². The van der Waals surface area contributed by atoms with Gasteiger partial charge in [0, 0.05) is 23.6 Å². The average molecular weight is 180 g/mol. The van der Waals surface area contributed by atoms with Crippen LogP contribution >= 0.6 is 0 Å². The molecule has 0 spiro atoms. The van der Waals surface area contributed by atoms with Crippen LogP contribution in [0, 0.1) is 12.8 Å². The molecule has 3 heterocycles. The summed E-state index contributed by atoms with van der Waals surface area (Å²) >= 11 is 0. The van der Waals surface area contributed by atoms with Gasteiger partial charge in [0.1, 0.15) is 6.26 Å². The molecule has 0 radical (unpaired) electrons. The lowest BCUT2D eigenvalue weighted by Crippen LogP contribution is -2.54. The number of rotatable bonds is 1. The van der Waals surface area contributed by atoms with Crippen molar-refractivity contribution in [2.45, 2.75) is 19.0 Å². The van der Waals surface area contributed by atoms with Crippen molar-refractivity contribution in [2.24, 2.45) is 5.92 Å². The largest absolute Gasteiger partial charge is 0.379 e. The Labute approximate surface area is 76.2 Å². The molecule has 3 rings (SSSR count). The number of nitrogens with zero attached hydrogens (tertiary/aromatic N) is 1. The van der Waals surface area contributed by atoms with Crippen molar-refractivity contribution in [3.63, 3.8) is 0 Å². The van der Waals surface area contributed by atoms with E-state index in [2.05, 4.69) is 10.5 Å². The smallest absolute Gasteiger partial charge is 0.128 e. The van der Waals surface area contributed by atoms with E-state index in [1.54, 1.807) is 6.26 Å². The molecule has 1 aromatic heterocycles. The molecule has 1 aromatic rings. The summed E-state index contributed by atoms with van der Waals surface area (Å²) in [6.07, 6.45) is 1.74. The number of fused-ring (bicyclic) bond motifs is 1. The van der Waals surface area contributed by atoms with Gasteiger partial charge in [0.2, 0.25) is 0 Å². The van der Waals surface area contributed by atoms with Gasteiger partial charge in [-0.2, -0.15) is 0 Å². The Morgan fingerprint density at radius 2 is 2.46 bits per heavy atom. The molecule has 3 atom stereocenters. The van der Waals surface area contributed by atoms with Crippen LogP contribution in [0.25, 0.3) is 0 Å². The number of nitrogens with one attached hydrogen (secondary N) is 1. The summed E-state index contributed by atoms with van der Waals surface area (Å²) in [5, 5.41) is 7.34. The third-order valence-corrected chi connectivity index (χ3v) is 3.07. The van der Waals surface area contributed by atoms with E-state index in [4.69, 9.17) is 9.26 Å². The minimum Gasteiger partial charge on any atom is -0.379 e. The monoisotopic (exact) mass is 180 g/mol. The molecule has 70 valence electrons. The maximum absolute atomic E-state index is 5.39. The Morgan fingerprint density at radius 1 is 1.54 bits per heavy atom. The normalized spacial score (nSPS) is 37.2. The Bertz CT molecular complexity index is 323. The molecule has 13 heavy (non-hydrogen) atoms. The SMILES string of the molecule is Cc1nocc1C1NC2COCC21. The van der Waals surface area contributed by atoms with Crippen LogP contribution in [0.15, 0.2) is 10.8 Å². The molecule has 0 aliphatic carbocycles. The second-order valence-electron chi connectivity index (χ2n) is 3.81. The second-order valence-corrected chi connectivity index (χ2v) is 3.81. The van der Waals surface area contributed by atoms with Crippen molar-refractivity contribution in [2.75, 3.05) is 13.2 Å². The zero-order valence-corrected chi connectivity index (χ0v) is 7.49. The summed E-state index contributed by atoms with van der Waals surface area (Å²) in [5.74, 6) is 0.623. The Hall–Kier alpha value is -0.870. The predicted octanol–water partition coefficient (Wildman–Crippen LogP) is 0.642. The molecule has 3 unspecified atom stereocenters. The van der Waals surface area contributed by atoms with Crippen LogP contribution in [0.2, 0.25) is 0 Å². The molecule has 2 aliphatic heterocycles. The van der Waals surface area contributed by atoms with E-state index in [-0.39, 0.29) is 0 Å². The van der Waals surface area contributed by atoms with E-state index < -0.39 is 0 Å². The lowest BCUT2D eigenvalue weighted by atomic mass is 9.81. The third kappa shape index (κ3) is 0.957. The zero-order chi connectivity index (χ0) is 8.84. The fourth-order valence-corrected chi connectivity index (χ4v) is 2.23. The van der Waals surface area contributed by atoms with Gasteiger partial charge < -0.3 is 14.6 Å². The number of aromatic nitrogens is 1. The van der Waals surface area contributed by atoms with E-state index in [1.807, 2.05) is 6.92 Å². The van der Waals surface area contributed by atoms with Crippen molar-refractivity contribution < 1.29 is 9.26 Å². The third-order valence-electron chi connectivity index (χ3n) is 3.07. The van der Waals surface area contributed by atoms with Crippen LogP contribution in [0.5, 0.6) is 0 Å². The first kappa shape index (κ1) is 7.53. The zero-order valence-electron chi connectivity index (χ0n) is 7.49. The number of ether oxygens (including phenoxy) is 1. The standard InChI is InChI=1S/C9H12N2O2/c1-5-6(3-13-11-5)9-7-2-12-4-8(7)10-9/h3,7-10H,2,4H2,1H3. The van der Waals surface area contributed by atoms with Crippen LogP contribution in [0.1, 0.15) is 17.3 Å². The van der Waals surface area contributed by atoms with E-state index in [1.165, 1.54) is 5.56 Å². The molecule has 4 heteroatoms. The quantitative estimate of drug-likeness (QED) is 0.689. The topological polar surface area (TPSA) is 47.3 Å². The molecule has 1 N–H and O–H groups in total. The minimum absolute atomic E-state index is 0.402. The Morgan fingerprint density at radius 3 is 3.15 bits per heavy atom. The van der Waals surface area contributed by atoms with Gasteiger partial charge in [-0.25, -0.2) is 0 Å². The van der Waals surface area contributed by atoms with Crippen molar-refractivity contribution in [3.05, 3.63) is 17.5 Å². The summed E-state index contributed by atoms with van der Waals surface area (Å²) in [6, 6.07) is 0.957. The van der Waals surface area contributed by atoms with Gasteiger partial charge in [-0.1, -0.05) is 5.16 Å². The van der Waals surface area contributed by atoms with Gasteiger partial charge in [0.25, 0.3) is 0 Å². The van der Waals surface area contributed by atoms with Crippen LogP contribution in [0.3, 0.4) is 0 Å². The van der Waals surface area contributed by atoms with Crippen molar-refractivity contribution >= 4 is 0 Å². The summed E-state index contributed by atoms with van der Waals surface area (Å²) in [4.78, 5) is 0. The summed E-state index contributed by atoms with van der Waals surface area (Å²) < 4.78 is 10.3. The van der Waals surface area contributed by atoms with Crippen LogP contribution < -0.4 is 5.32 Å². The molecule has 2 aliphatic rings. The second kappa shape index (κ2) is 2.56. The summed E-state index contributed by atoms with van der Waals surface area (Å²) in [7, 11) is 0. The molecule has 2 saturated heterocycles. The fraction of sp³-hybridized carbons (Fsp3) is 0.667. The van der Waals surface area contributed by atoms with E-state index in [0.29, 0.717) is 18.0 Å². The van der Waals surface area contributed by atoms with Gasteiger partial charge in [-0.15, -0.1) is 0 Å². The molecule has 4 nitrogen and oxygen atoms in total. The number of aryl methyl sites for hydroxylation is 1. The van der Waals surface area contributed by atoms with Crippen molar-refractivity contribution in [1.29, 1.82) is 0 Å². The molecular formula is C9H12N2O2. The highest BCUT2D eigenvalue weighted by Gasteiger charge is 2.46. The molecular weight excluding hydrogens is 168 g/mol. The Balaban J connectivity index is 1.85. The average Bonchev–Trinajstić information content (AvgIpc) is 2.62. The first-order valence-corrected chi connectivity index (χ1v) is 4.61. The van der Waals surface area contributed by atoms with Crippen molar-refractivity contribution in [3.8, 4) is 0 Å². The van der Waals surface area contributed by atoms with E-state index in [0.717, 1.165) is 18.9 Å². The predicted molar refractivity (Wildman–Crippen MR) is 45.2 cm³/mol. The maximum atomic E-state index is 5.39. The fourth-order valence-electron chi connectivity index (χ4n) is 2.23. The number of hydrogen-bond donors (Lipinski definition) is 1. The maximum Gasteiger partial charge on any atom is 0.128 e. The van der Waals surface area contributed by atoms with Gasteiger partial charge in [0.15, 0.2) is 0 Å². The highest BCUT2D eigenvalue weighted by molar-refractivity contribution is 5.24. The first-order valence-electron chi connectivity index (χ1n) is 4.61. The lowest BCUT2D eigenvalue weighted by Gasteiger charge is -2.40. The molecule has 0 bridgehead atoms. The highest BCUT2D eigenvalue weighted by Crippen LogP contribution is 2.38. The molecule has 2 fully saturated rings. The van der Waals surface area contributed by atoms with Gasteiger partial charge in [-0.3, -0.25) is 0 Å². The van der Waals surface area contributed by atoms with Gasteiger partial charge in [-0.05, 0) is 6.92 Å². The summed E-state index contributed by atoms with van der Waals surface area (Å²) in [5.41, 5.74) is 2.18. The molecule has 0 aromatic carbocycles. The van der Waals surface area contributed by atoms with Crippen LogP contribution in [0.4, 0.5) is 0 Å². The van der Waals surface area contributed by atoms with Crippen LogP contribution in [-0.4, -0.2) is 24.4 Å². The van der Waals surface area contributed by atoms with Crippen LogP contribution in [-0.2, 0) is 4.74 Å². The van der Waals surface area contributed by atoms with E-state index in [9.17, 15) is 0 Å². The van der Waals surface area contributed by atoms with Crippen molar-refractivity contribution in [1.82, 2.24) is 10.5 Å². The summed E-state index contributed by atoms with van der Waals surface area (Å²) in [6.45, 7) is 3.70. The Kier molecular flexibility index (Phi) is 1.48. The lowest BCUT2D eigenvalue weighted by molar-refractivity contribution is 0.176. The minimum atomic E-state index is 0.402. The van der Waals surface area contributed by atoms with Gasteiger partial charge in [0.05, 0.1) is 18.9 Å². The van der Waals surface area contributed by atoms with E-state index >= 15 is 0 Å². The number of hydrogen-bond acceptors (Lipinski definition) is 4. The first-order chi connectivity index (χ1) is 6.36. The molecule has 0 amide bonds. The molecule has 0 saturated carbocycles.